The number of nitrogens with one attached hydrogen (secondary N) is 6. The molecule has 6 N–H and O–H groups in total. The summed E-state index contributed by atoms with van der Waals surface area (Å²) >= 11 is 0. The van der Waals surface area contributed by atoms with Crippen LogP contribution in [-0.4, -0.2) is 150 Å². The van der Waals surface area contributed by atoms with Crippen LogP contribution in [0.25, 0.3) is 0 Å². The van der Waals surface area contributed by atoms with Gasteiger partial charge in [0.2, 0.25) is 23.6 Å². The van der Waals surface area contributed by atoms with Crippen molar-refractivity contribution < 1.29 is 19.2 Å². The predicted octanol–water partition coefficient (Wildman–Crippen LogP) is 19.1. The average molecular weight is 1330 g/mol. The van der Waals surface area contributed by atoms with Gasteiger partial charge in [-0.3, -0.25) is 19.2 Å². The highest BCUT2D eigenvalue weighted by atomic mass is 16.2. The van der Waals surface area contributed by atoms with Gasteiger partial charge in [0.05, 0.1) is 0 Å². The fourth-order valence-corrected chi connectivity index (χ4v) is 12.9. The van der Waals surface area contributed by atoms with Crippen molar-refractivity contribution in [3.05, 3.63) is 0 Å². The van der Waals surface area contributed by atoms with Gasteiger partial charge in [-0.2, -0.15) is 0 Å². The van der Waals surface area contributed by atoms with Crippen LogP contribution in [0.5, 0.6) is 0 Å². The lowest BCUT2D eigenvalue weighted by Crippen LogP contribution is -2.43. The molecule has 94 heavy (non-hydrogen) atoms. The van der Waals surface area contributed by atoms with Gasteiger partial charge in [-0.05, 0) is 58.2 Å². The lowest BCUT2D eigenvalue weighted by Gasteiger charge is -2.28. The molecule has 0 aliphatic rings. The molecule has 0 heterocycles. The van der Waals surface area contributed by atoms with E-state index in [1.54, 1.807) is 0 Å². The van der Waals surface area contributed by atoms with Crippen LogP contribution in [0.4, 0.5) is 0 Å². The lowest BCUT2D eigenvalue weighted by atomic mass is 10.1. The van der Waals surface area contributed by atoms with Crippen molar-refractivity contribution in [1.29, 1.82) is 0 Å². The Morgan fingerprint density at radius 3 is 0.606 bits per heavy atom. The van der Waals surface area contributed by atoms with Crippen LogP contribution in [0.2, 0.25) is 0 Å². The molecule has 0 fully saturated rings. The molecule has 0 saturated heterocycles. The Morgan fingerprint density at radius 2 is 0.362 bits per heavy atom. The van der Waals surface area contributed by atoms with E-state index in [2.05, 4.69) is 81.2 Å². The number of rotatable bonds is 80. The molecule has 13 heteroatoms. The van der Waals surface area contributed by atoms with Crippen molar-refractivity contribution in [1.82, 2.24) is 46.6 Å². The zero-order valence-corrected chi connectivity index (χ0v) is 63.9. The van der Waals surface area contributed by atoms with Gasteiger partial charge in [0.1, 0.15) is 0 Å². The van der Waals surface area contributed by atoms with Gasteiger partial charge in [-0.1, -0.05) is 324 Å². The third-order valence-corrected chi connectivity index (χ3v) is 19.5. The summed E-state index contributed by atoms with van der Waals surface area (Å²) in [5, 5.41) is 20.4. The molecule has 13 nitrogen and oxygen atoms in total. The van der Waals surface area contributed by atoms with Crippen LogP contribution in [-0.2, 0) is 19.2 Å². The van der Waals surface area contributed by atoms with Gasteiger partial charge >= 0.3 is 0 Å². The van der Waals surface area contributed by atoms with Crippen LogP contribution in [0, 0.1) is 0 Å². The molecule has 0 rings (SSSR count). The molecule has 4 amide bonds. The first-order chi connectivity index (χ1) is 46.3. The number of hydrogen-bond donors (Lipinski definition) is 6. The smallest absolute Gasteiger partial charge is 0.221 e. The summed E-state index contributed by atoms with van der Waals surface area (Å²) in [6, 6.07) is 0. The van der Waals surface area contributed by atoms with Gasteiger partial charge in [-0.25, -0.2) is 0 Å². The first kappa shape index (κ1) is 91.7. The van der Waals surface area contributed by atoms with E-state index < -0.39 is 0 Å². The number of unbranched alkanes of at least 4 members (excludes halogenated alkanes) is 45. The van der Waals surface area contributed by atoms with Gasteiger partial charge in [0.15, 0.2) is 0 Å². The van der Waals surface area contributed by atoms with Gasteiger partial charge in [0.25, 0.3) is 0 Å². The predicted molar refractivity (Wildman–Crippen MR) is 409 cm³/mol. The van der Waals surface area contributed by atoms with E-state index in [-0.39, 0.29) is 23.6 Å². The van der Waals surface area contributed by atoms with Crippen molar-refractivity contribution in [3.8, 4) is 0 Å². The van der Waals surface area contributed by atoms with E-state index in [0.29, 0.717) is 51.9 Å². The van der Waals surface area contributed by atoms with E-state index in [0.717, 1.165) is 117 Å². The summed E-state index contributed by atoms with van der Waals surface area (Å²) in [4.78, 5) is 60.2. The molecule has 0 unspecified atom stereocenters. The standard InChI is InChI=1S/C81H165N9O4/c1-6-11-16-21-26-31-36-41-46-51-61-82-62-56-69-88(76-77-90(72-59-80(93)86-65-54-49-44-39-34-29-24-19-14-9-4)73-60-81(94)87-66-55-50-45-40-35-30-25-20-15-10-5)74-67-83-68-75-89(70-57-78(91)84-63-52-47-42-37-32-27-22-17-12-7-2)71-58-79(92)85-64-53-48-43-38-33-28-23-18-13-8-3/h82-83H,6-77H2,1-5H3,(H,84,91)(H,85,92)(H,86,93)(H,87,94). The number of amides is 4. The molecule has 0 radical (unpaired) electrons. The molecular formula is C81H165N9O4. The summed E-state index contributed by atoms with van der Waals surface area (Å²) in [6.07, 6.45) is 67.6. The van der Waals surface area contributed by atoms with Gasteiger partial charge in [-0.15, -0.1) is 0 Å². The van der Waals surface area contributed by atoms with Crippen LogP contribution < -0.4 is 31.9 Å². The van der Waals surface area contributed by atoms with Crippen molar-refractivity contribution in [2.24, 2.45) is 0 Å². The maximum absolute atomic E-state index is 13.3. The monoisotopic (exact) mass is 1330 g/mol. The molecule has 0 saturated carbocycles. The molecule has 0 atom stereocenters. The Morgan fingerprint density at radius 1 is 0.181 bits per heavy atom. The fourth-order valence-electron chi connectivity index (χ4n) is 12.9. The first-order valence-corrected chi connectivity index (χ1v) is 41.9. The fraction of sp³-hybridized carbons (Fsp3) is 0.951. The second-order valence-corrected chi connectivity index (χ2v) is 28.7. The van der Waals surface area contributed by atoms with E-state index in [4.69, 9.17) is 0 Å². The summed E-state index contributed by atoms with van der Waals surface area (Å²) in [5.41, 5.74) is 0. The van der Waals surface area contributed by atoms with Gasteiger partial charge < -0.3 is 46.6 Å². The Balaban J connectivity index is 5.74. The second kappa shape index (κ2) is 78.0. The molecule has 0 aliphatic carbocycles. The number of hydrogen-bond acceptors (Lipinski definition) is 9. The van der Waals surface area contributed by atoms with Crippen LogP contribution >= 0.6 is 0 Å². The molecule has 0 aliphatic heterocycles. The van der Waals surface area contributed by atoms with Crippen molar-refractivity contribution in [2.45, 2.75) is 388 Å². The molecule has 0 spiro atoms. The molecular weight excluding hydrogens is 1160 g/mol. The van der Waals surface area contributed by atoms with Crippen LogP contribution in [0.3, 0.4) is 0 Å². The van der Waals surface area contributed by atoms with Crippen molar-refractivity contribution in [2.75, 3.05) is 111 Å². The maximum Gasteiger partial charge on any atom is 0.221 e. The van der Waals surface area contributed by atoms with Gasteiger partial charge in [0, 0.05) is 117 Å². The Labute approximate surface area is 585 Å². The molecule has 0 bridgehead atoms. The number of carbonyl (C=O) groups is 4. The zero-order valence-electron chi connectivity index (χ0n) is 63.9. The van der Waals surface area contributed by atoms with E-state index in [1.807, 2.05) is 0 Å². The third-order valence-electron chi connectivity index (χ3n) is 19.5. The van der Waals surface area contributed by atoms with E-state index >= 15 is 0 Å². The highest BCUT2D eigenvalue weighted by Crippen LogP contribution is 2.15. The summed E-state index contributed by atoms with van der Waals surface area (Å²) in [5.74, 6) is 0.448. The third kappa shape index (κ3) is 72.4. The minimum Gasteiger partial charge on any atom is -0.356 e. The first-order valence-electron chi connectivity index (χ1n) is 41.9. The SMILES string of the molecule is CCCCCCCCCCCCNCCCN(CCNCCN(CCC(=O)NCCCCCCCCCCCC)CCC(=O)NCCCCCCCCCCCC)CCN(CCC(=O)NCCCCCCCCCCCC)CCC(=O)NCCCCCCCCCCCC. The highest BCUT2D eigenvalue weighted by Gasteiger charge is 2.16. The molecule has 0 aromatic rings. The van der Waals surface area contributed by atoms with E-state index in [1.165, 1.54) is 295 Å². The number of carbonyl (C=O) groups excluding carboxylic acids is 4. The number of nitrogens with zero attached hydrogens (tertiary/aromatic N) is 3. The topological polar surface area (TPSA) is 150 Å². The van der Waals surface area contributed by atoms with Crippen LogP contribution in [0.1, 0.15) is 388 Å². The minimum atomic E-state index is 0.108. The minimum absolute atomic E-state index is 0.108. The average Bonchev–Trinajstić information content (AvgIpc) is 3.69. The Hall–Kier alpha value is -2.32. The zero-order chi connectivity index (χ0) is 68.2. The van der Waals surface area contributed by atoms with Crippen LogP contribution in [0.15, 0.2) is 0 Å². The summed E-state index contributed by atoms with van der Waals surface area (Å²) in [6.45, 7) is 24.9. The lowest BCUT2D eigenvalue weighted by molar-refractivity contribution is -0.123. The normalized spacial score (nSPS) is 11.7. The summed E-state index contributed by atoms with van der Waals surface area (Å²) in [7, 11) is 0. The Bertz CT molecular complexity index is 1470. The second-order valence-electron chi connectivity index (χ2n) is 28.7. The highest BCUT2D eigenvalue weighted by molar-refractivity contribution is 5.77. The van der Waals surface area contributed by atoms with Crippen molar-refractivity contribution in [3.63, 3.8) is 0 Å². The molecule has 558 valence electrons. The Kier molecular flexibility index (Phi) is 76.1. The maximum atomic E-state index is 13.3. The largest absolute Gasteiger partial charge is 0.356 e. The molecule has 0 aromatic carbocycles. The van der Waals surface area contributed by atoms with Crippen molar-refractivity contribution >= 4 is 23.6 Å². The molecule has 0 aromatic heterocycles. The quantitative estimate of drug-likeness (QED) is 0.0327. The van der Waals surface area contributed by atoms with E-state index in [9.17, 15) is 19.2 Å². The summed E-state index contributed by atoms with van der Waals surface area (Å²) < 4.78 is 0.